The maximum absolute atomic E-state index is 10.8. The van der Waals surface area contributed by atoms with Crippen molar-refractivity contribution in [3.05, 3.63) is 242 Å². The van der Waals surface area contributed by atoms with Gasteiger partial charge in [0.15, 0.2) is 11.2 Å². The van der Waals surface area contributed by atoms with E-state index in [1.54, 1.807) is 0 Å². The first-order valence-corrected chi connectivity index (χ1v) is 22.8. The average Bonchev–Trinajstić information content (AvgIpc) is 3.94. The van der Waals surface area contributed by atoms with Crippen LogP contribution < -0.4 is 9.80 Å². The molecule has 11 aromatic carbocycles. The molecule has 0 radical (unpaired) electrons. The average molecular weight is 870 g/mol. The number of para-hydroxylation sites is 4. The number of fused-ring (bicyclic) bond motifs is 8. The molecule has 2 heterocycles. The lowest BCUT2D eigenvalue weighted by Gasteiger charge is -2.28. The standard InChI is InChI=1S/C63H39N3O2/c64-40-57-62-55(53-35-43-29-31-49(33-45(43)37-60(53)67-62)65(47-21-9-3-10-22-47)58-27-15-13-25-51(58)41-17-5-1-6-18-41)39-56-54-36-44-30-32-50(34-46(44)38-61(54)68-63(56)57)66(48-23-11-4-12-24-48)59-28-16-14-26-52(59)42-19-7-2-8-20-42/h1-39H. The second-order valence-corrected chi connectivity index (χ2v) is 17.2. The fourth-order valence-corrected chi connectivity index (χ4v) is 10.0. The van der Waals surface area contributed by atoms with Crippen LogP contribution in [0.15, 0.2) is 245 Å². The third-order valence-electron chi connectivity index (χ3n) is 13.2. The van der Waals surface area contributed by atoms with Gasteiger partial charge in [-0.2, -0.15) is 5.26 Å². The number of anilines is 6. The number of furan rings is 2. The quantitative estimate of drug-likeness (QED) is 0.152. The van der Waals surface area contributed by atoms with Gasteiger partial charge in [0.05, 0.1) is 11.4 Å². The lowest BCUT2D eigenvalue weighted by Crippen LogP contribution is -2.11. The first-order valence-electron chi connectivity index (χ1n) is 22.8. The van der Waals surface area contributed by atoms with Crippen LogP contribution in [0.5, 0.6) is 0 Å². The molecule has 68 heavy (non-hydrogen) atoms. The Hall–Kier alpha value is -9.37. The third-order valence-corrected chi connectivity index (χ3v) is 13.2. The van der Waals surface area contributed by atoms with Crippen LogP contribution in [0.25, 0.3) is 87.7 Å². The van der Waals surface area contributed by atoms with Crippen LogP contribution in [0.2, 0.25) is 0 Å². The van der Waals surface area contributed by atoms with E-state index in [1.807, 2.05) is 24.3 Å². The maximum Gasteiger partial charge on any atom is 0.157 e. The summed E-state index contributed by atoms with van der Waals surface area (Å²) in [6.07, 6.45) is 0. The lowest BCUT2D eigenvalue weighted by atomic mass is 9.99. The molecule has 0 unspecified atom stereocenters. The highest BCUT2D eigenvalue weighted by Gasteiger charge is 2.23. The highest BCUT2D eigenvalue weighted by atomic mass is 16.3. The molecule has 318 valence electrons. The van der Waals surface area contributed by atoms with Crippen molar-refractivity contribution in [2.45, 2.75) is 0 Å². The minimum absolute atomic E-state index is 0.389. The number of benzene rings is 11. The van der Waals surface area contributed by atoms with Crippen LogP contribution in [0, 0.1) is 11.3 Å². The molecule has 0 saturated heterocycles. The summed E-state index contributed by atoms with van der Waals surface area (Å²) < 4.78 is 13.4. The van der Waals surface area contributed by atoms with Crippen molar-refractivity contribution in [3.8, 4) is 28.3 Å². The maximum atomic E-state index is 10.8. The molecule has 0 bridgehead atoms. The van der Waals surface area contributed by atoms with E-state index >= 15 is 0 Å². The Morgan fingerprint density at radius 3 is 1.15 bits per heavy atom. The van der Waals surface area contributed by atoms with Crippen molar-refractivity contribution in [3.63, 3.8) is 0 Å². The van der Waals surface area contributed by atoms with Gasteiger partial charge < -0.3 is 18.6 Å². The van der Waals surface area contributed by atoms with E-state index in [0.717, 1.165) is 99.5 Å². The predicted molar refractivity (Wildman–Crippen MR) is 281 cm³/mol. The summed E-state index contributed by atoms with van der Waals surface area (Å²) in [7, 11) is 0. The Morgan fingerprint density at radius 2 is 0.721 bits per heavy atom. The minimum Gasteiger partial charge on any atom is -0.454 e. The van der Waals surface area contributed by atoms with Crippen LogP contribution in [-0.2, 0) is 0 Å². The second kappa shape index (κ2) is 16.0. The number of nitriles is 1. The van der Waals surface area contributed by atoms with Gasteiger partial charge in [-0.25, -0.2) is 0 Å². The predicted octanol–water partition coefficient (Wildman–Crippen LogP) is 17.9. The summed E-state index contributed by atoms with van der Waals surface area (Å²) in [6, 6.07) is 85.4. The lowest BCUT2D eigenvalue weighted by molar-refractivity contribution is 0.654. The van der Waals surface area contributed by atoms with Crippen molar-refractivity contribution in [2.75, 3.05) is 9.80 Å². The monoisotopic (exact) mass is 869 g/mol. The van der Waals surface area contributed by atoms with Crippen LogP contribution in [0.3, 0.4) is 0 Å². The van der Waals surface area contributed by atoms with Gasteiger partial charge in [-0.15, -0.1) is 0 Å². The van der Waals surface area contributed by atoms with Gasteiger partial charge in [-0.3, -0.25) is 0 Å². The molecule has 0 spiro atoms. The Morgan fingerprint density at radius 1 is 0.324 bits per heavy atom. The Balaban J connectivity index is 0.930. The Labute approximate surface area is 392 Å². The first-order chi connectivity index (χ1) is 33.7. The van der Waals surface area contributed by atoms with Crippen LogP contribution in [-0.4, -0.2) is 0 Å². The van der Waals surface area contributed by atoms with E-state index in [2.05, 4.69) is 228 Å². The highest BCUT2D eigenvalue weighted by Crippen LogP contribution is 2.46. The molecule has 5 heteroatoms. The zero-order chi connectivity index (χ0) is 45.1. The molecule has 13 rings (SSSR count). The number of nitrogens with zero attached hydrogens (tertiary/aromatic N) is 3. The van der Waals surface area contributed by atoms with E-state index < -0.39 is 0 Å². The van der Waals surface area contributed by atoms with Crippen LogP contribution in [0.1, 0.15) is 5.56 Å². The summed E-state index contributed by atoms with van der Waals surface area (Å²) in [6.45, 7) is 0. The largest absolute Gasteiger partial charge is 0.454 e. The SMILES string of the molecule is N#Cc1c2oc3cc4cc(N(c5ccccc5)c5ccccc5-c5ccccc5)ccc4cc3c2cc2c1oc1cc3cc(N(c4ccccc4)c4ccccc4-c4ccccc4)ccc3cc12. The van der Waals surface area contributed by atoms with E-state index in [4.69, 9.17) is 8.83 Å². The topological polar surface area (TPSA) is 56.6 Å². The van der Waals surface area contributed by atoms with Gasteiger partial charge >= 0.3 is 0 Å². The Bertz CT molecular complexity index is 3840. The van der Waals surface area contributed by atoms with E-state index in [-0.39, 0.29) is 0 Å². The van der Waals surface area contributed by atoms with E-state index in [0.29, 0.717) is 27.9 Å². The molecule has 0 saturated carbocycles. The third kappa shape index (κ3) is 6.47. The molecule has 0 fully saturated rings. The number of rotatable bonds is 8. The summed E-state index contributed by atoms with van der Waals surface area (Å²) in [5, 5.41) is 18.7. The molecule has 0 aliphatic carbocycles. The van der Waals surface area contributed by atoms with Crippen molar-refractivity contribution >= 4 is 99.5 Å². The van der Waals surface area contributed by atoms with E-state index in [9.17, 15) is 5.26 Å². The van der Waals surface area contributed by atoms with Crippen molar-refractivity contribution < 1.29 is 8.83 Å². The van der Waals surface area contributed by atoms with Gasteiger partial charge in [0.2, 0.25) is 0 Å². The van der Waals surface area contributed by atoms with Crippen LogP contribution >= 0.6 is 0 Å². The van der Waals surface area contributed by atoms with Gasteiger partial charge in [-0.05, 0) is 124 Å². The normalized spacial score (nSPS) is 11.5. The first kappa shape index (κ1) is 39.0. The fraction of sp³-hybridized carbons (Fsp3) is 0. The molecule has 0 amide bonds. The molecule has 0 aliphatic rings. The number of hydrogen-bond donors (Lipinski definition) is 0. The molecular weight excluding hydrogens is 831 g/mol. The zero-order valence-electron chi connectivity index (χ0n) is 36.7. The van der Waals surface area contributed by atoms with Crippen molar-refractivity contribution in [1.82, 2.24) is 0 Å². The van der Waals surface area contributed by atoms with Crippen molar-refractivity contribution in [1.29, 1.82) is 5.26 Å². The smallest absolute Gasteiger partial charge is 0.157 e. The van der Waals surface area contributed by atoms with Gasteiger partial charge in [0.25, 0.3) is 0 Å². The number of hydrogen-bond acceptors (Lipinski definition) is 5. The van der Waals surface area contributed by atoms with Gasteiger partial charge in [0.1, 0.15) is 22.8 Å². The fourth-order valence-electron chi connectivity index (χ4n) is 10.0. The summed E-state index contributed by atoms with van der Waals surface area (Å²) in [5.74, 6) is 0. The molecular formula is C63H39N3O2. The van der Waals surface area contributed by atoms with Gasteiger partial charge in [0, 0.05) is 55.4 Å². The summed E-state index contributed by atoms with van der Waals surface area (Å²) in [5.41, 5.74) is 13.7. The molecule has 0 N–H and O–H groups in total. The van der Waals surface area contributed by atoms with Crippen molar-refractivity contribution in [2.24, 2.45) is 0 Å². The minimum atomic E-state index is 0.389. The second-order valence-electron chi connectivity index (χ2n) is 17.2. The molecule has 5 nitrogen and oxygen atoms in total. The van der Waals surface area contributed by atoms with E-state index in [1.165, 1.54) is 0 Å². The molecule has 0 aliphatic heterocycles. The summed E-state index contributed by atoms with van der Waals surface area (Å²) in [4.78, 5) is 4.62. The highest BCUT2D eigenvalue weighted by molar-refractivity contribution is 6.20. The molecule has 13 aromatic rings. The summed E-state index contributed by atoms with van der Waals surface area (Å²) >= 11 is 0. The zero-order valence-corrected chi connectivity index (χ0v) is 36.7. The molecule has 0 atom stereocenters. The Kier molecular flexibility index (Phi) is 9.16. The molecule has 2 aromatic heterocycles. The van der Waals surface area contributed by atoms with Gasteiger partial charge in [-0.1, -0.05) is 146 Å². The van der Waals surface area contributed by atoms with Crippen LogP contribution in [0.4, 0.5) is 34.1 Å².